The Hall–Kier alpha value is -1.27. The van der Waals surface area contributed by atoms with Gasteiger partial charge in [-0.1, -0.05) is 39.5 Å². The van der Waals surface area contributed by atoms with Crippen LogP contribution in [0.2, 0.25) is 0 Å². The summed E-state index contributed by atoms with van der Waals surface area (Å²) >= 11 is 0. The van der Waals surface area contributed by atoms with Crippen LogP contribution < -0.4 is 9.47 Å². The molecule has 1 rings (SSSR count). The smallest absolute Gasteiger partial charge is 0.246 e. The monoisotopic (exact) mass is 357 g/mol. The lowest BCUT2D eigenvalue weighted by molar-refractivity contribution is 0.372. The molecule has 0 atom stereocenters. The molecule has 0 fully saturated rings. The Labute approximate surface area is 147 Å². The summed E-state index contributed by atoms with van der Waals surface area (Å²) in [5.41, 5.74) is 0. The Balaban J connectivity index is 3.08. The van der Waals surface area contributed by atoms with E-state index >= 15 is 0 Å². The van der Waals surface area contributed by atoms with Crippen LogP contribution in [0.1, 0.15) is 52.4 Å². The number of hydrogen-bond donors (Lipinski definition) is 0. The minimum Gasteiger partial charge on any atom is -0.497 e. The van der Waals surface area contributed by atoms with E-state index in [1.807, 2.05) is 0 Å². The summed E-state index contributed by atoms with van der Waals surface area (Å²) in [4.78, 5) is 0.207. The highest BCUT2D eigenvalue weighted by Gasteiger charge is 2.27. The normalized spacial score (nSPS) is 11.7. The molecule has 0 N–H and O–H groups in total. The Morgan fingerprint density at radius 3 is 1.96 bits per heavy atom. The Morgan fingerprint density at radius 1 is 0.917 bits per heavy atom. The number of hydrogen-bond acceptors (Lipinski definition) is 4. The maximum Gasteiger partial charge on any atom is 0.246 e. The van der Waals surface area contributed by atoms with Gasteiger partial charge in [-0.05, 0) is 25.0 Å². The van der Waals surface area contributed by atoms with Gasteiger partial charge in [0, 0.05) is 19.2 Å². The van der Waals surface area contributed by atoms with Crippen LogP contribution in [0.3, 0.4) is 0 Å². The predicted molar refractivity (Wildman–Crippen MR) is 97.4 cm³/mol. The van der Waals surface area contributed by atoms with Gasteiger partial charge in [-0.2, -0.15) is 4.31 Å². The number of sulfonamides is 1. The highest BCUT2D eigenvalue weighted by atomic mass is 32.2. The molecule has 0 spiro atoms. The molecule has 0 aromatic heterocycles. The molecule has 5 nitrogen and oxygen atoms in total. The Bertz CT molecular complexity index is 577. The maximum atomic E-state index is 13.1. The molecule has 24 heavy (non-hydrogen) atoms. The van der Waals surface area contributed by atoms with Gasteiger partial charge in [-0.3, -0.25) is 0 Å². The Kier molecular flexibility index (Phi) is 9.14. The average molecular weight is 358 g/mol. The van der Waals surface area contributed by atoms with Crippen LogP contribution in [0.5, 0.6) is 11.5 Å². The zero-order valence-corrected chi connectivity index (χ0v) is 16.2. The highest BCUT2D eigenvalue weighted by molar-refractivity contribution is 7.89. The standard InChI is InChI=1S/C18H31NO4S/c1-5-7-9-13-19(14-10-8-6-2)24(20,21)18-12-11-16(22-3)15-17(18)23-4/h11-12,15H,5-10,13-14H2,1-4H3. The lowest BCUT2D eigenvalue weighted by Gasteiger charge is -2.23. The molecular formula is C18H31NO4S. The first-order valence-corrected chi connectivity index (χ1v) is 10.2. The van der Waals surface area contributed by atoms with Crippen LogP contribution in [0.15, 0.2) is 23.1 Å². The van der Waals surface area contributed by atoms with E-state index in [2.05, 4.69) is 13.8 Å². The molecule has 6 heteroatoms. The van der Waals surface area contributed by atoms with E-state index in [9.17, 15) is 8.42 Å². The molecule has 0 aliphatic carbocycles. The van der Waals surface area contributed by atoms with Crippen molar-refractivity contribution < 1.29 is 17.9 Å². The van der Waals surface area contributed by atoms with Gasteiger partial charge in [-0.25, -0.2) is 8.42 Å². The highest BCUT2D eigenvalue weighted by Crippen LogP contribution is 2.31. The topological polar surface area (TPSA) is 55.8 Å². The zero-order chi connectivity index (χ0) is 18.0. The summed E-state index contributed by atoms with van der Waals surface area (Å²) < 4.78 is 38.3. The van der Waals surface area contributed by atoms with Crippen molar-refractivity contribution in [2.24, 2.45) is 0 Å². The second-order valence-corrected chi connectivity index (χ2v) is 7.74. The van der Waals surface area contributed by atoms with Crippen molar-refractivity contribution >= 4 is 10.0 Å². The third-order valence-corrected chi connectivity index (χ3v) is 5.95. The van der Waals surface area contributed by atoms with E-state index in [1.54, 1.807) is 29.6 Å². The summed E-state index contributed by atoms with van der Waals surface area (Å²) in [7, 11) is -0.552. The minimum atomic E-state index is -3.58. The van der Waals surface area contributed by atoms with Gasteiger partial charge >= 0.3 is 0 Å². The first-order chi connectivity index (χ1) is 11.5. The van der Waals surface area contributed by atoms with Gasteiger partial charge < -0.3 is 9.47 Å². The van der Waals surface area contributed by atoms with Gasteiger partial charge in [0.1, 0.15) is 16.4 Å². The molecule has 0 saturated carbocycles. The largest absolute Gasteiger partial charge is 0.497 e. The SMILES string of the molecule is CCCCCN(CCCCC)S(=O)(=O)c1ccc(OC)cc1OC. The second-order valence-electron chi connectivity index (χ2n) is 5.84. The molecule has 0 amide bonds. The van der Waals surface area contributed by atoms with Crippen molar-refractivity contribution in [1.29, 1.82) is 0 Å². The summed E-state index contributed by atoms with van der Waals surface area (Å²) in [6.07, 6.45) is 5.93. The molecule has 1 aromatic carbocycles. The average Bonchev–Trinajstić information content (AvgIpc) is 2.59. The van der Waals surface area contributed by atoms with E-state index < -0.39 is 10.0 Å². The fourth-order valence-electron chi connectivity index (χ4n) is 2.56. The summed E-state index contributed by atoms with van der Waals surface area (Å²) in [6, 6.07) is 4.84. The lowest BCUT2D eigenvalue weighted by Crippen LogP contribution is -2.33. The second kappa shape index (κ2) is 10.6. The first kappa shape index (κ1) is 20.8. The molecular weight excluding hydrogens is 326 g/mol. The molecule has 0 saturated heterocycles. The minimum absolute atomic E-state index is 0.207. The third kappa shape index (κ3) is 5.67. The quantitative estimate of drug-likeness (QED) is 0.529. The van der Waals surface area contributed by atoms with Crippen molar-refractivity contribution in [3.63, 3.8) is 0 Å². The molecule has 0 bridgehead atoms. The summed E-state index contributed by atoms with van der Waals surface area (Å²) in [5, 5.41) is 0. The zero-order valence-electron chi connectivity index (χ0n) is 15.4. The first-order valence-electron chi connectivity index (χ1n) is 8.73. The van der Waals surface area contributed by atoms with Crippen molar-refractivity contribution in [3.05, 3.63) is 18.2 Å². The third-order valence-electron chi connectivity index (χ3n) is 4.01. The van der Waals surface area contributed by atoms with Crippen molar-refractivity contribution in [3.8, 4) is 11.5 Å². The van der Waals surface area contributed by atoms with E-state index in [-0.39, 0.29) is 4.90 Å². The van der Waals surface area contributed by atoms with Crippen LogP contribution in [-0.4, -0.2) is 40.0 Å². The molecule has 0 aliphatic rings. The number of methoxy groups -OCH3 is 2. The van der Waals surface area contributed by atoms with Gasteiger partial charge in [0.25, 0.3) is 0 Å². The van der Waals surface area contributed by atoms with Crippen LogP contribution in [-0.2, 0) is 10.0 Å². The fourth-order valence-corrected chi connectivity index (χ4v) is 4.21. The summed E-state index contributed by atoms with van der Waals surface area (Å²) in [6.45, 7) is 5.33. The van der Waals surface area contributed by atoms with Gasteiger partial charge in [0.15, 0.2) is 0 Å². The fraction of sp³-hybridized carbons (Fsp3) is 0.667. The van der Waals surface area contributed by atoms with Crippen molar-refractivity contribution in [2.45, 2.75) is 57.3 Å². The molecule has 1 aromatic rings. The predicted octanol–water partition coefficient (Wildman–Crippen LogP) is 4.07. The van der Waals surface area contributed by atoms with Crippen LogP contribution in [0.4, 0.5) is 0 Å². The van der Waals surface area contributed by atoms with E-state index in [4.69, 9.17) is 9.47 Å². The van der Waals surface area contributed by atoms with Gasteiger partial charge in [0.2, 0.25) is 10.0 Å². The van der Waals surface area contributed by atoms with Crippen molar-refractivity contribution in [2.75, 3.05) is 27.3 Å². The number of benzene rings is 1. The van der Waals surface area contributed by atoms with Gasteiger partial charge in [0.05, 0.1) is 14.2 Å². The number of unbranched alkanes of at least 4 members (excludes halogenated alkanes) is 4. The summed E-state index contributed by atoms with van der Waals surface area (Å²) in [5.74, 6) is 0.902. The lowest BCUT2D eigenvalue weighted by atomic mass is 10.2. The van der Waals surface area contributed by atoms with Gasteiger partial charge in [-0.15, -0.1) is 0 Å². The van der Waals surface area contributed by atoms with Crippen LogP contribution >= 0.6 is 0 Å². The van der Waals surface area contributed by atoms with Crippen molar-refractivity contribution in [1.82, 2.24) is 4.31 Å². The molecule has 138 valence electrons. The van der Waals surface area contributed by atoms with E-state index in [0.29, 0.717) is 24.6 Å². The molecule has 0 unspecified atom stereocenters. The number of ether oxygens (including phenoxy) is 2. The van der Waals surface area contributed by atoms with Crippen LogP contribution in [0.25, 0.3) is 0 Å². The molecule has 0 heterocycles. The van der Waals surface area contributed by atoms with Crippen LogP contribution in [0, 0.1) is 0 Å². The van der Waals surface area contributed by atoms with E-state index in [1.165, 1.54) is 7.11 Å². The number of rotatable bonds is 12. The number of nitrogens with zero attached hydrogens (tertiary/aromatic N) is 1. The Morgan fingerprint density at radius 2 is 1.50 bits per heavy atom. The molecule has 0 aliphatic heterocycles. The maximum absolute atomic E-state index is 13.1. The molecule has 0 radical (unpaired) electrons. The van der Waals surface area contributed by atoms with E-state index in [0.717, 1.165) is 38.5 Å².